The number of nitrogens with zero attached hydrogens (tertiary/aromatic N) is 2. The molecular formula is C24H23ClN2O3. The summed E-state index contributed by atoms with van der Waals surface area (Å²) in [6.45, 7) is 5.07. The number of allylic oxidation sites excluding steroid dienone is 2. The highest BCUT2D eigenvalue weighted by Crippen LogP contribution is 2.44. The fourth-order valence-corrected chi connectivity index (χ4v) is 4.62. The lowest BCUT2D eigenvalue weighted by atomic mass is 10.0. The highest BCUT2D eigenvalue weighted by atomic mass is 35.5. The first-order valence-corrected chi connectivity index (χ1v) is 10.7. The Morgan fingerprint density at radius 2 is 2.00 bits per heavy atom. The van der Waals surface area contributed by atoms with Crippen molar-refractivity contribution in [3.05, 3.63) is 68.9 Å². The first-order chi connectivity index (χ1) is 14.5. The molecule has 6 heteroatoms. The minimum atomic E-state index is -0.226. The fourth-order valence-electron chi connectivity index (χ4n) is 4.40. The summed E-state index contributed by atoms with van der Waals surface area (Å²) < 4.78 is 6.02. The van der Waals surface area contributed by atoms with Crippen molar-refractivity contribution in [3.63, 3.8) is 0 Å². The first-order valence-electron chi connectivity index (χ1n) is 10.4. The number of aryl methyl sites for hydroxylation is 1. The monoisotopic (exact) mass is 422 g/mol. The van der Waals surface area contributed by atoms with Crippen molar-refractivity contribution in [2.45, 2.75) is 39.3 Å². The maximum absolute atomic E-state index is 13.1. The molecule has 0 amide bonds. The summed E-state index contributed by atoms with van der Waals surface area (Å²) in [6, 6.07) is 7.72. The predicted octanol–water partition coefficient (Wildman–Crippen LogP) is 4.80. The summed E-state index contributed by atoms with van der Waals surface area (Å²) in [4.78, 5) is 19.9. The van der Waals surface area contributed by atoms with Gasteiger partial charge in [0.2, 0.25) is 5.78 Å². The van der Waals surface area contributed by atoms with Gasteiger partial charge in [-0.25, -0.2) is 0 Å². The number of aromatic hydroxyl groups is 1. The minimum Gasteiger partial charge on any atom is -0.506 e. The number of phenolic OH excluding ortho intramolecular Hbond substituents is 1. The Morgan fingerprint density at radius 3 is 2.80 bits per heavy atom. The van der Waals surface area contributed by atoms with Crippen LogP contribution in [0.1, 0.15) is 51.9 Å². The number of piperidine rings is 1. The van der Waals surface area contributed by atoms with Crippen molar-refractivity contribution in [1.29, 1.82) is 0 Å². The van der Waals surface area contributed by atoms with Gasteiger partial charge in [0.05, 0.1) is 28.4 Å². The lowest BCUT2D eigenvalue weighted by Gasteiger charge is -2.27. The molecule has 3 heterocycles. The van der Waals surface area contributed by atoms with Crippen LogP contribution in [0.4, 0.5) is 0 Å². The van der Waals surface area contributed by atoms with Crippen molar-refractivity contribution in [1.82, 2.24) is 4.90 Å². The van der Waals surface area contributed by atoms with Crippen LogP contribution in [0, 0.1) is 6.92 Å². The smallest absolute Gasteiger partial charge is 0.232 e. The van der Waals surface area contributed by atoms with E-state index in [1.165, 1.54) is 12.5 Å². The molecule has 1 N–H and O–H groups in total. The number of ketones is 1. The topological polar surface area (TPSA) is 62.1 Å². The van der Waals surface area contributed by atoms with E-state index in [9.17, 15) is 9.90 Å². The third kappa shape index (κ3) is 3.32. The number of fused-ring (bicyclic) bond motifs is 2. The lowest BCUT2D eigenvalue weighted by molar-refractivity contribution is 0.101. The molecule has 2 aromatic rings. The third-order valence-electron chi connectivity index (χ3n) is 6.04. The summed E-state index contributed by atoms with van der Waals surface area (Å²) in [5.41, 5.74) is 5.05. The number of halogens is 1. The van der Waals surface area contributed by atoms with Crippen molar-refractivity contribution in [2.24, 2.45) is 4.99 Å². The molecule has 5 rings (SSSR count). The van der Waals surface area contributed by atoms with Crippen molar-refractivity contribution < 1.29 is 14.6 Å². The van der Waals surface area contributed by atoms with Gasteiger partial charge in [-0.15, -0.1) is 0 Å². The van der Waals surface area contributed by atoms with E-state index in [2.05, 4.69) is 28.1 Å². The second-order valence-electron chi connectivity index (χ2n) is 8.20. The molecule has 2 aromatic carbocycles. The molecule has 30 heavy (non-hydrogen) atoms. The van der Waals surface area contributed by atoms with Crippen LogP contribution >= 0.6 is 11.6 Å². The van der Waals surface area contributed by atoms with Gasteiger partial charge in [0.15, 0.2) is 5.76 Å². The van der Waals surface area contributed by atoms with E-state index >= 15 is 0 Å². The number of likely N-dealkylation sites (tertiary alicyclic amines) is 1. The molecule has 0 bridgehead atoms. The predicted molar refractivity (Wildman–Crippen MR) is 117 cm³/mol. The SMILES string of the molecule is Cc1ccc2c(c1)C(/C=C1\Oc3c(cc(Cl)c(O)c3CN3CCCCC3)C1=O)=NC2. The van der Waals surface area contributed by atoms with Crippen LogP contribution in [-0.2, 0) is 13.1 Å². The Kier molecular flexibility index (Phi) is 4.88. The lowest BCUT2D eigenvalue weighted by Crippen LogP contribution is -2.29. The Bertz CT molecular complexity index is 1110. The third-order valence-corrected chi connectivity index (χ3v) is 6.33. The molecule has 0 atom stereocenters. The molecule has 3 aliphatic heterocycles. The minimum absolute atomic E-state index is 0.00535. The van der Waals surface area contributed by atoms with Crippen LogP contribution in [-0.4, -0.2) is 34.6 Å². The van der Waals surface area contributed by atoms with E-state index in [0.29, 0.717) is 30.0 Å². The van der Waals surface area contributed by atoms with Crippen molar-refractivity contribution in [3.8, 4) is 11.5 Å². The molecule has 154 valence electrons. The molecule has 0 aromatic heterocycles. The van der Waals surface area contributed by atoms with Crippen LogP contribution in [0.3, 0.4) is 0 Å². The second-order valence-corrected chi connectivity index (χ2v) is 8.61. The van der Waals surface area contributed by atoms with Gasteiger partial charge in [-0.2, -0.15) is 0 Å². The number of rotatable bonds is 3. The van der Waals surface area contributed by atoms with Gasteiger partial charge >= 0.3 is 0 Å². The van der Waals surface area contributed by atoms with E-state index < -0.39 is 0 Å². The normalized spacial score (nSPS) is 19.6. The molecule has 0 spiro atoms. The van der Waals surface area contributed by atoms with Gasteiger partial charge in [0.25, 0.3) is 0 Å². The second kappa shape index (κ2) is 7.56. The van der Waals surface area contributed by atoms with Crippen molar-refractivity contribution >= 4 is 23.1 Å². The molecular weight excluding hydrogens is 400 g/mol. The van der Waals surface area contributed by atoms with Crippen LogP contribution < -0.4 is 4.74 Å². The van der Waals surface area contributed by atoms with Gasteiger partial charge in [-0.3, -0.25) is 14.7 Å². The number of carbonyl (C=O) groups is 1. The summed E-state index contributed by atoms with van der Waals surface area (Å²) in [5.74, 6) is 0.409. The van der Waals surface area contributed by atoms with Crippen LogP contribution in [0.25, 0.3) is 0 Å². The number of hydrogen-bond acceptors (Lipinski definition) is 5. The Hall–Kier alpha value is -2.63. The maximum atomic E-state index is 13.1. The van der Waals surface area contributed by atoms with Gasteiger partial charge < -0.3 is 9.84 Å². The van der Waals surface area contributed by atoms with E-state index in [0.717, 1.165) is 48.3 Å². The molecule has 5 nitrogen and oxygen atoms in total. The molecule has 0 aliphatic carbocycles. The molecule has 1 saturated heterocycles. The molecule has 0 unspecified atom stereocenters. The number of phenols is 1. The standard InChI is InChI=1S/C24H23ClN2O3/c1-14-5-6-15-12-26-20(16(15)9-14)11-21-23(29)17-10-19(25)22(28)18(24(17)30-21)13-27-7-3-2-4-8-27/h5-6,9-11,28H,2-4,7-8,12-13H2,1H3/b21-11-. The summed E-state index contributed by atoms with van der Waals surface area (Å²) in [7, 11) is 0. The van der Waals surface area contributed by atoms with Crippen LogP contribution in [0.2, 0.25) is 5.02 Å². The fraction of sp³-hybridized carbons (Fsp3) is 0.333. The van der Waals surface area contributed by atoms with Gasteiger partial charge in [0.1, 0.15) is 11.5 Å². The zero-order valence-corrected chi connectivity index (χ0v) is 17.6. The Labute approximate surface area is 180 Å². The summed E-state index contributed by atoms with van der Waals surface area (Å²) >= 11 is 6.26. The first kappa shape index (κ1) is 19.3. The van der Waals surface area contributed by atoms with E-state index in [1.807, 2.05) is 6.92 Å². The van der Waals surface area contributed by atoms with Crippen LogP contribution in [0.15, 0.2) is 41.1 Å². The number of aliphatic imine (C=N–C) groups is 1. The largest absolute Gasteiger partial charge is 0.506 e. The van der Waals surface area contributed by atoms with Crippen molar-refractivity contribution in [2.75, 3.05) is 13.1 Å². The van der Waals surface area contributed by atoms with Gasteiger partial charge in [-0.1, -0.05) is 35.7 Å². The number of ether oxygens (including phenoxy) is 1. The molecule has 0 saturated carbocycles. The maximum Gasteiger partial charge on any atom is 0.232 e. The van der Waals surface area contributed by atoms with Gasteiger partial charge in [0, 0.05) is 18.2 Å². The Balaban J connectivity index is 1.50. The number of Topliss-reactive ketones (excluding diaryl/α,β-unsaturated/α-hetero) is 1. The van der Waals surface area contributed by atoms with E-state index in [1.54, 1.807) is 6.08 Å². The highest BCUT2D eigenvalue weighted by molar-refractivity contribution is 6.33. The number of hydrogen-bond donors (Lipinski definition) is 1. The molecule has 0 radical (unpaired) electrons. The highest BCUT2D eigenvalue weighted by Gasteiger charge is 2.34. The van der Waals surface area contributed by atoms with E-state index in [-0.39, 0.29) is 22.3 Å². The average molecular weight is 423 g/mol. The zero-order chi connectivity index (χ0) is 20.8. The number of carbonyl (C=O) groups excluding carboxylic acids is 1. The Morgan fingerprint density at radius 1 is 1.20 bits per heavy atom. The van der Waals surface area contributed by atoms with E-state index in [4.69, 9.17) is 16.3 Å². The number of benzene rings is 2. The van der Waals surface area contributed by atoms with Gasteiger partial charge in [-0.05, 0) is 50.6 Å². The molecule has 3 aliphatic rings. The summed E-state index contributed by atoms with van der Waals surface area (Å²) in [6.07, 6.45) is 5.20. The summed E-state index contributed by atoms with van der Waals surface area (Å²) in [5, 5.41) is 10.8. The average Bonchev–Trinajstić information content (AvgIpc) is 3.28. The zero-order valence-electron chi connectivity index (χ0n) is 16.9. The quantitative estimate of drug-likeness (QED) is 0.721. The van der Waals surface area contributed by atoms with Crippen LogP contribution in [0.5, 0.6) is 11.5 Å². The molecule has 1 fully saturated rings.